The molecule has 0 saturated carbocycles. The first kappa shape index (κ1) is 28.9. The molecule has 1 saturated heterocycles. The predicted molar refractivity (Wildman–Crippen MR) is 128 cm³/mol. The van der Waals surface area contributed by atoms with Gasteiger partial charge in [-0.05, 0) is 31.9 Å². The van der Waals surface area contributed by atoms with Crippen molar-refractivity contribution >= 4 is 41.8 Å². The summed E-state index contributed by atoms with van der Waals surface area (Å²) in [7, 11) is 0. The van der Waals surface area contributed by atoms with Crippen LogP contribution in [-0.2, 0) is 14.3 Å². The molecule has 0 radical (unpaired) electrons. The maximum atomic E-state index is 12.6. The lowest BCUT2D eigenvalue weighted by molar-refractivity contribution is -0.128. The Morgan fingerprint density at radius 1 is 1.29 bits per heavy atom. The minimum atomic E-state index is -1.43. The average Bonchev–Trinajstić information content (AvgIpc) is 2.81. The molecule has 2 atom stereocenters. The number of aliphatic hydroxyl groups is 2. The predicted octanol–water partition coefficient (Wildman–Crippen LogP) is -0.621. The number of carbonyl (C=O) groups excluding carboxylic acids is 3. The number of likely N-dealkylation sites (tertiary alicyclic amines) is 1. The Morgan fingerprint density at radius 3 is 2.56 bits per heavy atom. The number of hydrogen-bond donors (Lipinski definition) is 7. The van der Waals surface area contributed by atoms with E-state index in [0.29, 0.717) is 43.8 Å². The molecule has 2 rings (SSSR count). The molecule has 0 aromatic heterocycles. The van der Waals surface area contributed by atoms with Gasteiger partial charge in [-0.15, -0.1) is 12.4 Å². The Balaban J connectivity index is 0.00000578. The molecular weight excluding hydrogens is 468 g/mol. The van der Waals surface area contributed by atoms with Gasteiger partial charge in [0.25, 0.3) is 0 Å². The molecule has 1 aromatic carbocycles. The van der Waals surface area contributed by atoms with Crippen LogP contribution in [0.15, 0.2) is 24.3 Å². The Kier molecular flexibility index (Phi) is 12.1. The Hall–Kier alpha value is -3.09. The van der Waals surface area contributed by atoms with E-state index < -0.39 is 30.6 Å². The number of amidine groups is 1. The van der Waals surface area contributed by atoms with Crippen molar-refractivity contribution in [3.63, 3.8) is 0 Å². The van der Waals surface area contributed by atoms with Crippen molar-refractivity contribution < 1.29 is 29.3 Å². The van der Waals surface area contributed by atoms with Crippen molar-refractivity contribution in [2.75, 3.05) is 38.2 Å². The lowest BCUT2D eigenvalue weighted by Crippen LogP contribution is -2.52. The fourth-order valence-corrected chi connectivity index (χ4v) is 3.38. The van der Waals surface area contributed by atoms with Crippen LogP contribution in [0.5, 0.6) is 0 Å². The summed E-state index contributed by atoms with van der Waals surface area (Å²) in [6.45, 7) is 1.97. The van der Waals surface area contributed by atoms with Gasteiger partial charge >= 0.3 is 6.09 Å². The van der Waals surface area contributed by atoms with E-state index in [-0.39, 0.29) is 36.9 Å². The number of nitrogens with one attached hydrogen (secondary N) is 4. The Bertz CT molecular complexity index is 849. The molecular formula is C21H33ClN6O6. The van der Waals surface area contributed by atoms with E-state index in [4.69, 9.17) is 15.9 Å². The fourth-order valence-electron chi connectivity index (χ4n) is 3.38. The summed E-state index contributed by atoms with van der Waals surface area (Å²) in [5.74, 6) is -1.25. The largest absolute Gasteiger partial charge is 0.450 e. The minimum Gasteiger partial charge on any atom is -0.450 e. The smallest absolute Gasteiger partial charge is 0.409 e. The number of rotatable bonds is 10. The zero-order valence-electron chi connectivity index (χ0n) is 19.0. The third-order valence-electron chi connectivity index (χ3n) is 5.16. The highest BCUT2D eigenvalue weighted by molar-refractivity contribution is 5.96. The number of halogens is 1. The molecule has 1 aliphatic heterocycles. The van der Waals surface area contributed by atoms with Gasteiger partial charge < -0.3 is 41.5 Å². The average molecular weight is 501 g/mol. The van der Waals surface area contributed by atoms with E-state index >= 15 is 0 Å². The van der Waals surface area contributed by atoms with Gasteiger partial charge in [0.2, 0.25) is 11.8 Å². The number of hydrogen-bond acceptors (Lipinski definition) is 8. The number of nitrogen functional groups attached to an aromatic ring is 1. The molecule has 0 bridgehead atoms. The number of aliphatic hydroxyl groups excluding tert-OH is 2. The summed E-state index contributed by atoms with van der Waals surface area (Å²) in [4.78, 5) is 38.2. The van der Waals surface area contributed by atoms with Gasteiger partial charge in [-0.25, -0.2) is 4.79 Å². The number of benzene rings is 1. The van der Waals surface area contributed by atoms with Crippen molar-refractivity contribution in [3.8, 4) is 0 Å². The third-order valence-corrected chi connectivity index (χ3v) is 5.16. The molecule has 0 aliphatic carbocycles. The molecule has 1 fully saturated rings. The standard InChI is InChI=1S/C21H32N6O6.ClH/c1-2-33-21(32)27-8-6-14(7-9-27)25-17(30)11-24-20(31)18(16(29)12-28)26-15-5-3-4-13(10-15)19(22)23;/h3-5,10,14,16,18,26,28-29H,2,6-9,11-12H2,1H3,(H3,22,23)(H,24,31)(H,25,30);1H. The number of anilines is 1. The van der Waals surface area contributed by atoms with Crippen molar-refractivity contribution in [2.24, 2.45) is 5.73 Å². The molecule has 2 unspecified atom stereocenters. The monoisotopic (exact) mass is 500 g/mol. The molecule has 34 heavy (non-hydrogen) atoms. The summed E-state index contributed by atoms with van der Waals surface area (Å²) in [5, 5.41) is 35.0. The van der Waals surface area contributed by atoms with Crippen LogP contribution in [0.1, 0.15) is 25.3 Å². The first-order valence-electron chi connectivity index (χ1n) is 10.7. The molecule has 3 amide bonds. The van der Waals surface area contributed by atoms with E-state index in [0.717, 1.165) is 0 Å². The van der Waals surface area contributed by atoms with E-state index in [9.17, 15) is 24.6 Å². The number of nitrogens with two attached hydrogens (primary N) is 1. The Labute approximate surface area is 204 Å². The van der Waals surface area contributed by atoms with Crippen LogP contribution in [-0.4, -0.2) is 89.9 Å². The first-order chi connectivity index (χ1) is 15.7. The quantitative estimate of drug-likeness (QED) is 0.163. The van der Waals surface area contributed by atoms with Crippen molar-refractivity contribution in [3.05, 3.63) is 29.8 Å². The Morgan fingerprint density at radius 2 is 1.97 bits per heavy atom. The summed E-state index contributed by atoms with van der Waals surface area (Å²) in [6.07, 6.45) is -0.665. The fraction of sp³-hybridized carbons (Fsp3) is 0.524. The van der Waals surface area contributed by atoms with Crippen LogP contribution < -0.4 is 21.7 Å². The molecule has 13 heteroatoms. The highest BCUT2D eigenvalue weighted by Crippen LogP contribution is 2.14. The molecule has 190 valence electrons. The van der Waals surface area contributed by atoms with Gasteiger partial charge in [0.1, 0.15) is 18.0 Å². The number of carbonyl (C=O) groups is 3. The van der Waals surface area contributed by atoms with Crippen molar-refractivity contribution in [2.45, 2.75) is 38.0 Å². The van der Waals surface area contributed by atoms with E-state index in [1.165, 1.54) is 6.07 Å². The third kappa shape index (κ3) is 8.69. The molecule has 8 N–H and O–H groups in total. The highest BCUT2D eigenvalue weighted by atomic mass is 35.5. The molecule has 0 spiro atoms. The van der Waals surface area contributed by atoms with Crippen molar-refractivity contribution in [1.82, 2.24) is 15.5 Å². The number of piperidine rings is 1. The van der Waals surface area contributed by atoms with Crippen LogP contribution in [0.4, 0.5) is 10.5 Å². The molecule has 12 nitrogen and oxygen atoms in total. The van der Waals surface area contributed by atoms with Gasteiger partial charge in [-0.3, -0.25) is 15.0 Å². The second-order valence-corrected chi connectivity index (χ2v) is 7.61. The number of ether oxygens (including phenoxy) is 1. The summed E-state index contributed by atoms with van der Waals surface area (Å²) in [6, 6.07) is 5.02. The van der Waals surface area contributed by atoms with Crippen LogP contribution in [0, 0.1) is 5.41 Å². The second kappa shape index (κ2) is 14.2. The normalized spacial score (nSPS) is 15.3. The van der Waals surface area contributed by atoms with E-state index in [1.54, 1.807) is 30.0 Å². The van der Waals surface area contributed by atoms with Gasteiger partial charge in [-0.1, -0.05) is 12.1 Å². The van der Waals surface area contributed by atoms with E-state index in [2.05, 4.69) is 16.0 Å². The summed E-state index contributed by atoms with van der Waals surface area (Å²) < 4.78 is 4.97. The minimum absolute atomic E-state index is 0. The van der Waals surface area contributed by atoms with Gasteiger partial charge in [0, 0.05) is 30.4 Å². The first-order valence-corrected chi connectivity index (χ1v) is 10.7. The van der Waals surface area contributed by atoms with Gasteiger partial charge in [-0.2, -0.15) is 0 Å². The zero-order valence-corrected chi connectivity index (χ0v) is 19.8. The highest BCUT2D eigenvalue weighted by Gasteiger charge is 2.28. The lowest BCUT2D eigenvalue weighted by atomic mass is 10.1. The summed E-state index contributed by atoms with van der Waals surface area (Å²) >= 11 is 0. The van der Waals surface area contributed by atoms with Gasteiger partial charge in [0.05, 0.1) is 19.8 Å². The maximum absolute atomic E-state index is 12.6. The molecule has 1 aliphatic rings. The zero-order chi connectivity index (χ0) is 24.4. The van der Waals surface area contributed by atoms with Crippen LogP contribution in [0.2, 0.25) is 0 Å². The van der Waals surface area contributed by atoms with Gasteiger partial charge in [0.15, 0.2) is 0 Å². The topological polar surface area (TPSA) is 190 Å². The van der Waals surface area contributed by atoms with Crippen molar-refractivity contribution in [1.29, 1.82) is 5.41 Å². The van der Waals surface area contributed by atoms with Crippen LogP contribution >= 0.6 is 12.4 Å². The van der Waals surface area contributed by atoms with Crippen LogP contribution in [0.3, 0.4) is 0 Å². The SMILES string of the molecule is CCOC(=O)N1CCC(NC(=O)CNC(=O)C(Nc2cccc(C(=N)N)c2)C(O)CO)CC1.Cl. The summed E-state index contributed by atoms with van der Waals surface area (Å²) in [5.41, 5.74) is 6.30. The lowest BCUT2D eigenvalue weighted by Gasteiger charge is -2.31. The molecule has 1 aromatic rings. The maximum Gasteiger partial charge on any atom is 0.409 e. The molecule has 1 heterocycles. The number of amides is 3. The van der Waals surface area contributed by atoms with Crippen LogP contribution in [0.25, 0.3) is 0 Å². The number of nitrogens with zero attached hydrogens (tertiary/aromatic N) is 1. The second-order valence-electron chi connectivity index (χ2n) is 7.61. The van der Waals surface area contributed by atoms with E-state index in [1.807, 2.05) is 0 Å².